The first-order chi connectivity index (χ1) is 13.6. The highest BCUT2D eigenvalue weighted by Gasteiger charge is 2.42. The molecule has 2 fully saturated rings. The van der Waals surface area contributed by atoms with Gasteiger partial charge in [-0.05, 0) is 50.1 Å². The minimum Gasteiger partial charge on any atom is -0.328 e. The molecule has 3 aromatic rings. The predicted molar refractivity (Wildman–Crippen MR) is 110 cm³/mol. The molecule has 2 aromatic heterocycles. The average Bonchev–Trinajstić information content (AvgIpc) is 3.22. The number of amides is 2. The molecule has 3 N–H and O–H groups in total. The monoisotopic (exact) mass is 394 g/mol. The maximum absolute atomic E-state index is 12.9. The molecule has 144 valence electrons. The Hall–Kier alpha value is -2.58. The van der Waals surface area contributed by atoms with E-state index in [2.05, 4.69) is 26.6 Å². The topological polar surface area (TPSA) is 97.0 Å². The number of fused-ring (bicyclic) bond motifs is 3. The van der Waals surface area contributed by atoms with E-state index in [1.807, 2.05) is 30.0 Å². The summed E-state index contributed by atoms with van der Waals surface area (Å²) in [5.41, 5.74) is 7.14. The van der Waals surface area contributed by atoms with Gasteiger partial charge in [-0.1, -0.05) is 23.5 Å². The maximum Gasteiger partial charge on any atom is 0.323 e. The summed E-state index contributed by atoms with van der Waals surface area (Å²) in [6.45, 7) is 1.94. The fraction of sp³-hybridized carbons (Fsp3) is 0.400. The lowest BCUT2D eigenvalue weighted by molar-refractivity contribution is 0.150. The minimum atomic E-state index is -0.0675. The molecule has 2 aliphatic heterocycles. The van der Waals surface area contributed by atoms with E-state index >= 15 is 0 Å². The average molecular weight is 395 g/mol. The Morgan fingerprint density at radius 1 is 1.18 bits per heavy atom. The lowest BCUT2D eigenvalue weighted by Gasteiger charge is -2.37. The van der Waals surface area contributed by atoms with Gasteiger partial charge in [0.25, 0.3) is 0 Å². The molecule has 4 heterocycles. The lowest BCUT2D eigenvalue weighted by atomic mass is 9.99. The number of rotatable bonds is 2. The lowest BCUT2D eigenvalue weighted by Crippen LogP contribution is -2.51. The first kappa shape index (κ1) is 17.5. The van der Waals surface area contributed by atoms with Gasteiger partial charge in [0.15, 0.2) is 0 Å². The van der Waals surface area contributed by atoms with Crippen molar-refractivity contribution >= 4 is 34.0 Å². The molecule has 5 rings (SSSR count). The molecule has 28 heavy (non-hydrogen) atoms. The van der Waals surface area contributed by atoms with Crippen LogP contribution in [0.2, 0.25) is 0 Å². The molecule has 0 saturated carbocycles. The number of anilines is 1. The maximum atomic E-state index is 12.9. The summed E-state index contributed by atoms with van der Waals surface area (Å²) in [6.07, 6.45) is 5.66. The first-order valence-electron chi connectivity index (χ1n) is 9.62. The third-order valence-corrected chi connectivity index (χ3v) is 6.62. The molecular formula is C20H22N6OS. The van der Waals surface area contributed by atoms with Crippen molar-refractivity contribution in [1.29, 1.82) is 0 Å². The van der Waals surface area contributed by atoms with Gasteiger partial charge in [-0.2, -0.15) is 0 Å². The van der Waals surface area contributed by atoms with Crippen molar-refractivity contribution in [3.05, 3.63) is 35.5 Å². The molecule has 2 bridgehead atoms. The highest BCUT2D eigenvalue weighted by Crippen LogP contribution is 2.35. The first-order valence-corrected chi connectivity index (χ1v) is 10.4. The third kappa shape index (κ3) is 3.12. The van der Waals surface area contributed by atoms with Crippen LogP contribution in [0.25, 0.3) is 21.3 Å². The van der Waals surface area contributed by atoms with Gasteiger partial charge >= 0.3 is 6.03 Å². The summed E-state index contributed by atoms with van der Waals surface area (Å²) in [4.78, 5) is 19.3. The number of urea groups is 1. The van der Waals surface area contributed by atoms with Gasteiger partial charge in [0.1, 0.15) is 15.8 Å². The molecule has 3 atom stereocenters. The van der Waals surface area contributed by atoms with Crippen LogP contribution in [-0.4, -0.2) is 44.2 Å². The molecule has 7 nitrogen and oxygen atoms in total. The zero-order chi connectivity index (χ0) is 19.3. The molecule has 1 aromatic carbocycles. The van der Waals surface area contributed by atoms with Crippen LogP contribution in [-0.2, 0) is 0 Å². The van der Waals surface area contributed by atoms with Crippen molar-refractivity contribution in [2.75, 3.05) is 5.32 Å². The SMILES string of the molecule is Cc1nnc(-c2ccc3cnc(NC(=O)N4C5CC[C@H]4CC(N)C5)cc3c2)s1. The number of piperidine rings is 1. The van der Waals surface area contributed by atoms with E-state index in [0.29, 0.717) is 5.82 Å². The number of carbonyl (C=O) groups is 1. The quantitative estimate of drug-likeness (QED) is 0.693. The molecular weight excluding hydrogens is 372 g/mol. The van der Waals surface area contributed by atoms with E-state index in [1.165, 1.54) is 0 Å². The number of nitrogens with one attached hydrogen (secondary N) is 1. The van der Waals surface area contributed by atoms with Crippen molar-refractivity contribution < 1.29 is 4.79 Å². The van der Waals surface area contributed by atoms with E-state index in [-0.39, 0.29) is 24.2 Å². The summed E-state index contributed by atoms with van der Waals surface area (Å²) in [5.74, 6) is 0.567. The summed E-state index contributed by atoms with van der Waals surface area (Å²) >= 11 is 1.57. The molecule has 2 saturated heterocycles. The van der Waals surface area contributed by atoms with Crippen LogP contribution in [0, 0.1) is 6.92 Å². The van der Waals surface area contributed by atoms with Gasteiger partial charge in [-0.3, -0.25) is 5.32 Å². The van der Waals surface area contributed by atoms with Crippen molar-refractivity contribution in [3.63, 3.8) is 0 Å². The van der Waals surface area contributed by atoms with E-state index in [9.17, 15) is 4.79 Å². The molecule has 8 heteroatoms. The Bertz CT molecular complexity index is 1040. The highest BCUT2D eigenvalue weighted by molar-refractivity contribution is 7.14. The number of carbonyl (C=O) groups excluding carboxylic acids is 1. The molecule has 0 radical (unpaired) electrons. The molecule has 0 aliphatic carbocycles. The number of nitrogens with zero attached hydrogens (tertiary/aromatic N) is 4. The van der Waals surface area contributed by atoms with Crippen molar-refractivity contribution in [2.24, 2.45) is 5.73 Å². The number of nitrogens with two attached hydrogens (primary N) is 1. The van der Waals surface area contributed by atoms with Crippen LogP contribution in [0.4, 0.5) is 10.6 Å². The van der Waals surface area contributed by atoms with Crippen LogP contribution in [0.15, 0.2) is 30.5 Å². The second-order valence-corrected chi connectivity index (χ2v) is 8.89. The van der Waals surface area contributed by atoms with Crippen LogP contribution in [0.3, 0.4) is 0 Å². The standard InChI is InChI=1S/C20H22N6OS/c1-11-24-25-19(28-11)12-2-3-13-10-22-18(7-14(13)6-12)23-20(27)26-16-4-5-17(26)9-15(21)8-16/h2-3,6-7,10,15-17H,4-5,8-9,21H2,1H3,(H,22,23,27)/t15?,16-,17?/m0/s1. The summed E-state index contributed by atoms with van der Waals surface area (Å²) in [6, 6.07) is 8.68. The van der Waals surface area contributed by atoms with Crippen LogP contribution < -0.4 is 11.1 Å². The zero-order valence-electron chi connectivity index (χ0n) is 15.6. The van der Waals surface area contributed by atoms with Gasteiger partial charge < -0.3 is 10.6 Å². The third-order valence-electron chi connectivity index (χ3n) is 5.73. The van der Waals surface area contributed by atoms with Crippen molar-refractivity contribution in [1.82, 2.24) is 20.1 Å². The fourth-order valence-corrected chi connectivity index (χ4v) is 5.17. The Balaban J connectivity index is 1.39. The Morgan fingerprint density at radius 3 is 2.68 bits per heavy atom. The van der Waals surface area contributed by atoms with Gasteiger partial charge in [-0.15, -0.1) is 10.2 Å². The largest absolute Gasteiger partial charge is 0.328 e. The van der Waals surface area contributed by atoms with Gasteiger partial charge in [-0.25, -0.2) is 9.78 Å². The predicted octanol–water partition coefficient (Wildman–Crippen LogP) is 3.55. The number of pyridine rings is 1. The van der Waals surface area contributed by atoms with E-state index in [4.69, 9.17) is 5.73 Å². The van der Waals surface area contributed by atoms with Crippen LogP contribution in [0.5, 0.6) is 0 Å². The van der Waals surface area contributed by atoms with Crippen molar-refractivity contribution in [2.45, 2.75) is 50.7 Å². The minimum absolute atomic E-state index is 0.0675. The summed E-state index contributed by atoms with van der Waals surface area (Å²) < 4.78 is 0. The number of hydrogen-bond acceptors (Lipinski definition) is 6. The fourth-order valence-electron chi connectivity index (χ4n) is 4.48. The zero-order valence-corrected chi connectivity index (χ0v) is 16.4. The van der Waals surface area contributed by atoms with E-state index in [0.717, 1.165) is 52.0 Å². The number of hydrogen-bond donors (Lipinski definition) is 2. The normalized spacial score (nSPS) is 23.9. The van der Waals surface area contributed by atoms with Crippen LogP contribution >= 0.6 is 11.3 Å². The number of benzene rings is 1. The smallest absolute Gasteiger partial charge is 0.323 e. The highest BCUT2D eigenvalue weighted by atomic mass is 32.1. The van der Waals surface area contributed by atoms with Gasteiger partial charge in [0.2, 0.25) is 0 Å². The molecule has 2 amide bonds. The van der Waals surface area contributed by atoms with E-state index < -0.39 is 0 Å². The molecule has 2 unspecified atom stereocenters. The second-order valence-electron chi connectivity index (χ2n) is 7.71. The number of aromatic nitrogens is 3. The van der Waals surface area contributed by atoms with E-state index in [1.54, 1.807) is 17.5 Å². The summed E-state index contributed by atoms with van der Waals surface area (Å²) in [7, 11) is 0. The Kier molecular flexibility index (Phi) is 4.25. The van der Waals surface area contributed by atoms with Gasteiger partial charge in [0.05, 0.1) is 0 Å². The van der Waals surface area contributed by atoms with Crippen molar-refractivity contribution in [3.8, 4) is 10.6 Å². The Morgan fingerprint density at radius 2 is 1.96 bits per heavy atom. The Labute approximate surface area is 167 Å². The summed E-state index contributed by atoms with van der Waals surface area (Å²) in [5, 5.41) is 15.2. The van der Waals surface area contributed by atoms with Gasteiger partial charge in [0, 0.05) is 35.3 Å². The number of aryl methyl sites for hydroxylation is 1. The van der Waals surface area contributed by atoms with Crippen LogP contribution in [0.1, 0.15) is 30.7 Å². The molecule has 0 spiro atoms. The molecule has 2 aliphatic rings. The second kappa shape index (κ2) is 6.79.